The molecule has 0 amide bonds. The van der Waals surface area contributed by atoms with Gasteiger partial charge < -0.3 is 5.11 Å². The molecule has 1 rings (SSSR count). The van der Waals surface area contributed by atoms with E-state index in [0.717, 1.165) is 12.0 Å². The molecule has 0 spiro atoms. The molecule has 0 aliphatic heterocycles. The summed E-state index contributed by atoms with van der Waals surface area (Å²) in [4.78, 5) is 4.01. The number of hydrogen-bond donors (Lipinski definition) is 1. The second-order valence-electron chi connectivity index (χ2n) is 3.85. The predicted octanol–water partition coefficient (Wildman–Crippen LogP) is 2.03. The number of aromatic nitrogens is 1. The van der Waals surface area contributed by atoms with E-state index in [2.05, 4.69) is 18.8 Å². The van der Waals surface area contributed by atoms with E-state index < -0.39 is 0 Å². The molecule has 0 radical (unpaired) electrons. The first-order chi connectivity index (χ1) is 6.18. The molecule has 0 saturated carbocycles. The molecule has 13 heavy (non-hydrogen) atoms. The Kier molecular flexibility index (Phi) is 3.90. The standard InChI is InChI=1S/C11H17NO/c1-9(2)6-11(13)7-10-4-3-5-12-8-10/h3-5,8-9,11,13H,6-7H2,1-2H3. The first-order valence-electron chi connectivity index (χ1n) is 4.75. The van der Waals surface area contributed by atoms with Crippen molar-refractivity contribution in [3.05, 3.63) is 30.1 Å². The number of rotatable bonds is 4. The summed E-state index contributed by atoms with van der Waals surface area (Å²) in [6.45, 7) is 4.24. The van der Waals surface area contributed by atoms with Crippen LogP contribution in [0.4, 0.5) is 0 Å². The van der Waals surface area contributed by atoms with Crippen LogP contribution in [0.25, 0.3) is 0 Å². The first-order valence-corrected chi connectivity index (χ1v) is 4.75. The van der Waals surface area contributed by atoms with Gasteiger partial charge in [-0.25, -0.2) is 0 Å². The van der Waals surface area contributed by atoms with E-state index in [1.807, 2.05) is 18.3 Å². The number of hydrogen-bond acceptors (Lipinski definition) is 2. The lowest BCUT2D eigenvalue weighted by atomic mass is 10.0. The van der Waals surface area contributed by atoms with Crippen molar-refractivity contribution >= 4 is 0 Å². The van der Waals surface area contributed by atoms with Crippen LogP contribution in [0.15, 0.2) is 24.5 Å². The van der Waals surface area contributed by atoms with Crippen LogP contribution in [0.1, 0.15) is 25.8 Å². The van der Waals surface area contributed by atoms with Crippen molar-refractivity contribution in [2.75, 3.05) is 0 Å². The van der Waals surface area contributed by atoms with Gasteiger partial charge in [0.25, 0.3) is 0 Å². The smallest absolute Gasteiger partial charge is 0.0583 e. The van der Waals surface area contributed by atoms with Gasteiger partial charge in [-0.05, 0) is 30.4 Å². The van der Waals surface area contributed by atoms with Crippen LogP contribution in [0, 0.1) is 5.92 Å². The topological polar surface area (TPSA) is 33.1 Å². The van der Waals surface area contributed by atoms with Crippen LogP contribution < -0.4 is 0 Å². The van der Waals surface area contributed by atoms with Gasteiger partial charge in [-0.1, -0.05) is 19.9 Å². The maximum Gasteiger partial charge on any atom is 0.0583 e. The summed E-state index contributed by atoms with van der Waals surface area (Å²) in [5, 5.41) is 9.65. The van der Waals surface area contributed by atoms with E-state index in [0.29, 0.717) is 12.3 Å². The summed E-state index contributed by atoms with van der Waals surface area (Å²) in [6, 6.07) is 3.90. The normalized spacial score (nSPS) is 13.2. The largest absolute Gasteiger partial charge is 0.393 e. The van der Waals surface area contributed by atoms with E-state index in [1.54, 1.807) is 6.20 Å². The molecule has 1 aromatic rings. The molecule has 1 N–H and O–H groups in total. The van der Waals surface area contributed by atoms with Crippen molar-refractivity contribution in [1.29, 1.82) is 0 Å². The van der Waals surface area contributed by atoms with Gasteiger partial charge in [0.15, 0.2) is 0 Å². The van der Waals surface area contributed by atoms with Crippen LogP contribution in [-0.4, -0.2) is 16.2 Å². The van der Waals surface area contributed by atoms with Crippen LogP contribution in [-0.2, 0) is 6.42 Å². The van der Waals surface area contributed by atoms with Crippen molar-refractivity contribution in [3.8, 4) is 0 Å². The lowest BCUT2D eigenvalue weighted by Gasteiger charge is -2.12. The van der Waals surface area contributed by atoms with E-state index in [-0.39, 0.29) is 6.10 Å². The highest BCUT2D eigenvalue weighted by Crippen LogP contribution is 2.09. The summed E-state index contributed by atoms with van der Waals surface area (Å²) in [7, 11) is 0. The Morgan fingerprint density at radius 1 is 1.46 bits per heavy atom. The molecule has 2 nitrogen and oxygen atoms in total. The number of aliphatic hydroxyl groups is 1. The summed E-state index contributed by atoms with van der Waals surface area (Å²) < 4.78 is 0. The van der Waals surface area contributed by atoms with E-state index in [1.165, 1.54) is 0 Å². The van der Waals surface area contributed by atoms with Crippen molar-refractivity contribution in [1.82, 2.24) is 4.98 Å². The molecule has 0 saturated heterocycles. The molecule has 1 unspecified atom stereocenters. The van der Waals surface area contributed by atoms with Gasteiger partial charge in [0.1, 0.15) is 0 Å². The molecule has 2 heteroatoms. The van der Waals surface area contributed by atoms with Crippen molar-refractivity contribution in [2.45, 2.75) is 32.8 Å². The molecule has 0 bridgehead atoms. The molecule has 0 aliphatic carbocycles. The third kappa shape index (κ3) is 4.04. The van der Waals surface area contributed by atoms with E-state index in [4.69, 9.17) is 0 Å². The Labute approximate surface area is 79.6 Å². The number of aliphatic hydroxyl groups excluding tert-OH is 1. The maximum absolute atomic E-state index is 9.65. The van der Waals surface area contributed by atoms with Crippen molar-refractivity contribution in [3.63, 3.8) is 0 Å². The van der Waals surface area contributed by atoms with E-state index in [9.17, 15) is 5.11 Å². The summed E-state index contributed by atoms with van der Waals surface area (Å²) in [6.07, 6.45) is 4.90. The monoisotopic (exact) mass is 179 g/mol. The third-order valence-corrected chi connectivity index (χ3v) is 1.94. The van der Waals surface area contributed by atoms with Crippen LogP contribution in [0.2, 0.25) is 0 Å². The minimum Gasteiger partial charge on any atom is -0.393 e. The lowest BCUT2D eigenvalue weighted by Crippen LogP contribution is -2.13. The zero-order valence-corrected chi connectivity index (χ0v) is 8.27. The first kappa shape index (κ1) is 10.2. The number of nitrogens with zero attached hydrogens (tertiary/aromatic N) is 1. The molecular weight excluding hydrogens is 162 g/mol. The minimum atomic E-state index is -0.232. The molecular formula is C11H17NO. The zero-order valence-electron chi connectivity index (χ0n) is 8.27. The quantitative estimate of drug-likeness (QED) is 0.767. The van der Waals surface area contributed by atoms with Crippen molar-refractivity contribution < 1.29 is 5.11 Å². The molecule has 0 fully saturated rings. The Hall–Kier alpha value is -0.890. The fourth-order valence-corrected chi connectivity index (χ4v) is 1.42. The second kappa shape index (κ2) is 4.97. The minimum absolute atomic E-state index is 0.232. The maximum atomic E-state index is 9.65. The van der Waals surface area contributed by atoms with Gasteiger partial charge in [-0.15, -0.1) is 0 Å². The second-order valence-corrected chi connectivity index (χ2v) is 3.85. The molecule has 72 valence electrons. The van der Waals surface area contributed by atoms with Gasteiger partial charge in [0.05, 0.1) is 6.10 Å². The SMILES string of the molecule is CC(C)CC(O)Cc1cccnc1. The molecule has 0 aromatic carbocycles. The fourth-order valence-electron chi connectivity index (χ4n) is 1.42. The Morgan fingerprint density at radius 3 is 2.77 bits per heavy atom. The summed E-state index contributed by atoms with van der Waals surface area (Å²) in [5.41, 5.74) is 1.11. The average Bonchev–Trinajstić information content (AvgIpc) is 2.04. The molecule has 0 aliphatic rings. The fraction of sp³-hybridized carbons (Fsp3) is 0.545. The van der Waals surface area contributed by atoms with Gasteiger partial charge in [-0.2, -0.15) is 0 Å². The molecule has 1 heterocycles. The highest BCUT2D eigenvalue weighted by molar-refractivity contribution is 5.09. The van der Waals surface area contributed by atoms with Gasteiger partial charge in [0, 0.05) is 12.4 Å². The van der Waals surface area contributed by atoms with Gasteiger partial charge >= 0.3 is 0 Å². The summed E-state index contributed by atoms with van der Waals surface area (Å²) in [5.74, 6) is 0.548. The van der Waals surface area contributed by atoms with Crippen LogP contribution in [0.3, 0.4) is 0 Å². The van der Waals surface area contributed by atoms with E-state index >= 15 is 0 Å². The van der Waals surface area contributed by atoms with Crippen LogP contribution >= 0.6 is 0 Å². The third-order valence-electron chi connectivity index (χ3n) is 1.94. The predicted molar refractivity (Wildman–Crippen MR) is 53.4 cm³/mol. The number of pyridine rings is 1. The van der Waals surface area contributed by atoms with Crippen molar-refractivity contribution in [2.24, 2.45) is 5.92 Å². The zero-order chi connectivity index (χ0) is 9.68. The Morgan fingerprint density at radius 2 is 2.23 bits per heavy atom. The molecule has 1 aromatic heterocycles. The van der Waals surface area contributed by atoms with Gasteiger partial charge in [0.2, 0.25) is 0 Å². The average molecular weight is 179 g/mol. The Balaban J connectivity index is 2.41. The molecule has 1 atom stereocenters. The highest BCUT2D eigenvalue weighted by atomic mass is 16.3. The van der Waals surface area contributed by atoms with Gasteiger partial charge in [-0.3, -0.25) is 4.98 Å². The van der Waals surface area contributed by atoms with Crippen LogP contribution in [0.5, 0.6) is 0 Å². The Bertz CT molecular complexity index is 233. The highest BCUT2D eigenvalue weighted by Gasteiger charge is 2.07. The summed E-state index contributed by atoms with van der Waals surface area (Å²) >= 11 is 0. The lowest BCUT2D eigenvalue weighted by molar-refractivity contribution is 0.149.